The Morgan fingerprint density at radius 2 is 1.86 bits per heavy atom. The first-order valence-electron chi connectivity index (χ1n) is 5.75. The number of nitrogens with zero attached hydrogens (tertiary/aromatic N) is 2. The van der Waals surface area contributed by atoms with E-state index in [0.29, 0.717) is 0 Å². The van der Waals surface area contributed by atoms with Gasteiger partial charge in [0.05, 0.1) is 6.20 Å². The van der Waals surface area contributed by atoms with Gasteiger partial charge in [0, 0.05) is 12.7 Å². The summed E-state index contributed by atoms with van der Waals surface area (Å²) in [6.07, 6.45) is 6.52. The lowest BCUT2D eigenvalue weighted by molar-refractivity contribution is 0.396. The van der Waals surface area contributed by atoms with Crippen LogP contribution in [0, 0.1) is 12.8 Å². The van der Waals surface area contributed by atoms with Gasteiger partial charge in [-0.3, -0.25) is 4.68 Å². The normalized spacial score (nSPS) is 9.86. The zero-order valence-corrected chi connectivity index (χ0v) is 10.2. The lowest BCUT2D eigenvalue weighted by Crippen LogP contribution is -2.09. The molecule has 0 amide bonds. The smallest absolute Gasteiger partial charge is 0.0518 e. The maximum absolute atomic E-state index is 4.27. The Labute approximate surface area is 88.3 Å². The highest BCUT2D eigenvalue weighted by Gasteiger charge is 2.04. The second-order valence-electron chi connectivity index (χ2n) is 3.42. The Morgan fingerprint density at radius 1 is 1.29 bits per heavy atom. The molecule has 0 fully saturated rings. The van der Waals surface area contributed by atoms with Crippen molar-refractivity contribution in [1.82, 2.24) is 9.78 Å². The summed E-state index contributed by atoms with van der Waals surface area (Å²) >= 11 is 0. The zero-order valence-electron chi connectivity index (χ0n) is 10.2. The summed E-state index contributed by atoms with van der Waals surface area (Å²) in [5.41, 5.74) is 1.25. The molecule has 0 radical (unpaired) electrons. The first-order valence-corrected chi connectivity index (χ1v) is 5.75. The number of hydrogen-bond donors (Lipinski definition) is 0. The van der Waals surface area contributed by atoms with Crippen molar-refractivity contribution in [2.45, 2.75) is 54.0 Å². The van der Waals surface area contributed by atoms with Crippen LogP contribution in [0.3, 0.4) is 0 Å². The Kier molecular flexibility index (Phi) is 7.17. The zero-order chi connectivity index (χ0) is 11.0. The van der Waals surface area contributed by atoms with Crippen molar-refractivity contribution in [3.8, 4) is 0 Å². The molecular weight excluding hydrogens is 172 g/mol. The Balaban J connectivity index is 0.000000791. The molecule has 1 heterocycles. The van der Waals surface area contributed by atoms with Gasteiger partial charge in [-0.15, -0.1) is 0 Å². The van der Waals surface area contributed by atoms with E-state index in [1.165, 1.54) is 18.4 Å². The molecule has 0 unspecified atom stereocenters. The van der Waals surface area contributed by atoms with Crippen LogP contribution in [0.5, 0.6) is 0 Å². The largest absolute Gasteiger partial charge is 0.272 e. The summed E-state index contributed by atoms with van der Waals surface area (Å²) in [5.74, 6) is 0.782. The first kappa shape index (κ1) is 13.2. The fourth-order valence-corrected chi connectivity index (χ4v) is 1.38. The second kappa shape index (κ2) is 7.60. The SMILES string of the molecule is CC.CCC(CC)Cn1cc(C)cn1. The summed E-state index contributed by atoms with van der Waals surface area (Å²) in [5, 5.41) is 4.27. The van der Waals surface area contributed by atoms with E-state index in [2.05, 4.69) is 32.1 Å². The van der Waals surface area contributed by atoms with Crippen LogP contribution < -0.4 is 0 Å². The molecule has 0 aliphatic rings. The van der Waals surface area contributed by atoms with Gasteiger partial charge in [-0.25, -0.2) is 0 Å². The van der Waals surface area contributed by atoms with Gasteiger partial charge in [0.2, 0.25) is 0 Å². The van der Waals surface area contributed by atoms with Crippen LogP contribution in [-0.4, -0.2) is 9.78 Å². The minimum absolute atomic E-state index is 0.782. The van der Waals surface area contributed by atoms with E-state index in [4.69, 9.17) is 0 Å². The van der Waals surface area contributed by atoms with Gasteiger partial charge in [0.15, 0.2) is 0 Å². The molecule has 0 N–H and O–H groups in total. The number of hydrogen-bond acceptors (Lipinski definition) is 1. The molecule has 82 valence electrons. The van der Waals surface area contributed by atoms with Gasteiger partial charge in [-0.05, 0) is 18.4 Å². The van der Waals surface area contributed by atoms with Crippen LogP contribution in [0.2, 0.25) is 0 Å². The second-order valence-corrected chi connectivity index (χ2v) is 3.42. The van der Waals surface area contributed by atoms with E-state index in [9.17, 15) is 0 Å². The van der Waals surface area contributed by atoms with E-state index < -0.39 is 0 Å². The molecule has 0 aliphatic heterocycles. The number of aromatic nitrogens is 2. The van der Waals surface area contributed by atoms with Crippen molar-refractivity contribution in [1.29, 1.82) is 0 Å². The number of rotatable bonds is 4. The van der Waals surface area contributed by atoms with E-state index >= 15 is 0 Å². The van der Waals surface area contributed by atoms with E-state index in [-0.39, 0.29) is 0 Å². The van der Waals surface area contributed by atoms with Crippen molar-refractivity contribution < 1.29 is 0 Å². The minimum atomic E-state index is 0.782. The van der Waals surface area contributed by atoms with Gasteiger partial charge in [0.1, 0.15) is 0 Å². The first-order chi connectivity index (χ1) is 6.76. The maximum Gasteiger partial charge on any atom is 0.0518 e. The molecule has 0 bridgehead atoms. The van der Waals surface area contributed by atoms with Crippen LogP contribution in [0.15, 0.2) is 12.4 Å². The quantitative estimate of drug-likeness (QED) is 0.718. The van der Waals surface area contributed by atoms with Crippen molar-refractivity contribution in [2.75, 3.05) is 0 Å². The van der Waals surface area contributed by atoms with Crippen LogP contribution in [0.1, 0.15) is 46.1 Å². The van der Waals surface area contributed by atoms with E-state index in [1.54, 1.807) is 0 Å². The average molecular weight is 196 g/mol. The molecule has 0 spiro atoms. The van der Waals surface area contributed by atoms with Gasteiger partial charge in [0.25, 0.3) is 0 Å². The highest BCUT2D eigenvalue weighted by Crippen LogP contribution is 2.10. The Bertz CT molecular complexity index is 224. The predicted octanol–water partition coefficient (Wildman–Crippen LogP) is 3.65. The molecule has 0 atom stereocenters. The van der Waals surface area contributed by atoms with Crippen LogP contribution in [-0.2, 0) is 6.54 Å². The predicted molar refractivity (Wildman–Crippen MR) is 62.4 cm³/mol. The summed E-state index contributed by atoms with van der Waals surface area (Å²) in [6, 6.07) is 0. The molecule has 0 saturated carbocycles. The molecule has 1 rings (SSSR count). The van der Waals surface area contributed by atoms with Gasteiger partial charge >= 0.3 is 0 Å². The number of aryl methyl sites for hydroxylation is 1. The van der Waals surface area contributed by atoms with E-state index in [0.717, 1.165) is 12.5 Å². The third kappa shape index (κ3) is 4.45. The molecule has 0 aromatic carbocycles. The summed E-state index contributed by atoms with van der Waals surface area (Å²) in [7, 11) is 0. The molecule has 2 heteroatoms. The molecule has 0 saturated heterocycles. The third-order valence-electron chi connectivity index (χ3n) is 2.36. The monoisotopic (exact) mass is 196 g/mol. The highest BCUT2D eigenvalue weighted by molar-refractivity contribution is 4.99. The molecule has 1 aromatic heterocycles. The van der Waals surface area contributed by atoms with Gasteiger partial charge < -0.3 is 0 Å². The maximum atomic E-state index is 4.27. The fraction of sp³-hybridized carbons (Fsp3) is 0.750. The molecule has 14 heavy (non-hydrogen) atoms. The molecular formula is C12H24N2. The molecule has 1 aromatic rings. The van der Waals surface area contributed by atoms with Crippen molar-refractivity contribution in [2.24, 2.45) is 5.92 Å². The van der Waals surface area contributed by atoms with Crippen LogP contribution in [0.25, 0.3) is 0 Å². The topological polar surface area (TPSA) is 17.8 Å². The molecule has 0 aliphatic carbocycles. The third-order valence-corrected chi connectivity index (χ3v) is 2.36. The van der Waals surface area contributed by atoms with Crippen LogP contribution >= 0.6 is 0 Å². The standard InChI is InChI=1S/C10H18N2.C2H6/c1-4-10(5-2)8-12-7-9(3)6-11-12;1-2/h6-7,10H,4-5,8H2,1-3H3;1-2H3. The highest BCUT2D eigenvalue weighted by atomic mass is 15.3. The minimum Gasteiger partial charge on any atom is -0.272 e. The Hall–Kier alpha value is -0.790. The molecule has 2 nitrogen and oxygen atoms in total. The van der Waals surface area contributed by atoms with E-state index in [1.807, 2.05) is 24.7 Å². The summed E-state index contributed by atoms with van der Waals surface area (Å²) in [4.78, 5) is 0. The van der Waals surface area contributed by atoms with Crippen molar-refractivity contribution >= 4 is 0 Å². The summed E-state index contributed by atoms with van der Waals surface area (Å²) in [6.45, 7) is 11.6. The van der Waals surface area contributed by atoms with Crippen LogP contribution in [0.4, 0.5) is 0 Å². The van der Waals surface area contributed by atoms with Gasteiger partial charge in [-0.2, -0.15) is 5.10 Å². The lowest BCUT2D eigenvalue weighted by atomic mass is 10.0. The Morgan fingerprint density at radius 3 is 2.21 bits per heavy atom. The fourth-order valence-electron chi connectivity index (χ4n) is 1.38. The van der Waals surface area contributed by atoms with Gasteiger partial charge in [-0.1, -0.05) is 40.5 Å². The summed E-state index contributed by atoms with van der Waals surface area (Å²) < 4.78 is 2.05. The lowest BCUT2D eigenvalue weighted by Gasteiger charge is -2.11. The average Bonchev–Trinajstić information content (AvgIpc) is 2.63. The van der Waals surface area contributed by atoms with Crippen molar-refractivity contribution in [3.05, 3.63) is 18.0 Å². The van der Waals surface area contributed by atoms with Crippen molar-refractivity contribution in [3.63, 3.8) is 0 Å².